The fourth-order valence-electron chi connectivity index (χ4n) is 5.42. The smallest absolute Gasteiger partial charge is 0.0979 e. The van der Waals surface area contributed by atoms with Crippen molar-refractivity contribution >= 4 is 34.8 Å². The first-order valence-corrected chi connectivity index (χ1v) is 17.7. The summed E-state index contributed by atoms with van der Waals surface area (Å²) in [5.74, 6) is 1.07. The molecular weight excluding hydrogens is 549 g/mol. The second kappa shape index (κ2) is 13.8. The Morgan fingerprint density at radius 3 is 1.50 bits per heavy atom. The first kappa shape index (κ1) is 32.3. The molecule has 0 aliphatic rings. The number of hydrogen-bond donors (Lipinski definition) is 1. The molecule has 4 aromatic rings. The summed E-state index contributed by atoms with van der Waals surface area (Å²) in [5, 5.41) is 3.92. The van der Waals surface area contributed by atoms with E-state index in [4.69, 9.17) is 0 Å². The molecule has 1 unspecified atom stereocenters. The third-order valence-electron chi connectivity index (χ3n) is 7.76. The van der Waals surface area contributed by atoms with Crippen molar-refractivity contribution in [3.63, 3.8) is 0 Å². The van der Waals surface area contributed by atoms with Gasteiger partial charge in [-0.05, 0) is 90.2 Å². The number of nitrogens with one attached hydrogen (secondary N) is 1. The maximum atomic E-state index is 14.0. The van der Waals surface area contributed by atoms with Gasteiger partial charge in [-0.2, -0.15) is 0 Å². The van der Waals surface area contributed by atoms with Gasteiger partial charge in [0.05, 0.1) is 21.8 Å². The van der Waals surface area contributed by atoms with Crippen LogP contribution in [0.25, 0.3) is 0 Å². The lowest BCUT2D eigenvalue weighted by atomic mass is 9.80. The van der Waals surface area contributed by atoms with Gasteiger partial charge in [0.1, 0.15) is 0 Å². The molecule has 4 rings (SSSR count). The summed E-state index contributed by atoms with van der Waals surface area (Å²) in [6, 6.07) is 35.2. The number of rotatable bonds is 10. The van der Waals surface area contributed by atoms with Crippen LogP contribution in [0.3, 0.4) is 0 Å². The zero-order valence-electron chi connectivity index (χ0n) is 26.8. The van der Waals surface area contributed by atoms with Gasteiger partial charge in [-0.3, -0.25) is 0 Å². The lowest BCUT2D eigenvalue weighted by molar-refractivity contribution is 0.619. The molecule has 0 aromatic heterocycles. The predicted octanol–water partition coefficient (Wildman–Crippen LogP) is 8.96. The van der Waals surface area contributed by atoms with E-state index < -0.39 is 23.7 Å². The minimum Gasteiger partial charge on any atom is -0.242 e. The van der Waals surface area contributed by atoms with Gasteiger partial charge in [-0.25, -0.2) is 8.93 Å². The van der Waals surface area contributed by atoms with E-state index in [1.54, 1.807) is 0 Å². The van der Waals surface area contributed by atoms with Gasteiger partial charge in [0.25, 0.3) is 0 Å². The average molecular weight is 598 g/mol. The van der Waals surface area contributed by atoms with Crippen LogP contribution in [0.2, 0.25) is 0 Å². The van der Waals surface area contributed by atoms with Gasteiger partial charge in [-0.1, -0.05) is 139 Å². The van der Waals surface area contributed by atoms with Crippen LogP contribution in [-0.2, 0) is 11.0 Å². The van der Waals surface area contributed by atoms with Gasteiger partial charge < -0.3 is 0 Å². The molecule has 42 heavy (non-hydrogen) atoms. The van der Waals surface area contributed by atoms with E-state index in [1.807, 2.05) is 0 Å². The van der Waals surface area contributed by atoms with Gasteiger partial charge in [0, 0.05) is 0 Å². The van der Waals surface area contributed by atoms with Gasteiger partial charge >= 0.3 is 0 Å². The molecule has 222 valence electrons. The maximum Gasteiger partial charge on any atom is 0.0979 e. The van der Waals surface area contributed by atoms with E-state index in [1.165, 1.54) is 43.7 Å². The zero-order valence-corrected chi connectivity index (χ0v) is 28.5. The fourth-order valence-corrected chi connectivity index (χ4v) is 8.73. The highest BCUT2D eigenvalue weighted by molar-refractivity contribution is 7.84. The zero-order chi connectivity index (χ0) is 30.6. The monoisotopic (exact) mass is 597 g/mol. The molecule has 4 heteroatoms. The largest absolute Gasteiger partial charge is 0.242 e. The SMILES string of the molecule is CC(C)c1cc(C(C)C)c([C@H](NS(=O)C(C)(C)C)c2ccccc2P(c2ccccc2)c2ccccc2)c(C(C)C)c1. The quantitative estimate of drug-likeness (QED) is 0.182. The maximum absolute atomic E-state index is 14.0. The first-order chi connectivity index (χ1) is 19.9. The molecule has 0 bridgehead atoms. The summed E-state index contributed by atoms with van der Waals surface area (Å²) in [6.07, 6.45) is 0. The lowest BCUT2D eigenvalue weighted by Crippen LogP contribution is -2.39. The van der Waals surface area contributed by atoms with Crippen LogP contribution in [-0.4, -0.2) is 8.96 Å². The third kappa shape index (κ3) is 7.31. The molecule has 2 atom stereocenters. The average Bonchev–Trinajstić information content (AvgIpc) is 2.96. The van der Waals surface area contributed by atoms with Crippen LogP contribution in [0.15, 0.2) is 97.1 Å². The fraction of sp³-hybridized carbons (Fsp3) is 0.368. The van der Waals surface area contributed by atoms with E-state index in [0.717, 1.165) is 0 Å². The van der Waals surface area contributed by atoms with Crippen LogP contribution in [0.4, 0.5) is 0 Å². The van der Waals surface area contributed by atoms with E-state index in [9.17, 15) is 4.21 Å². The van der Waals surface area contributed by atoms with Crippen LogP contribution in [0.1, 0.15) is 114 Å². The molecule has 0 amide bonds. The predicted molar refractivity (Wildman–Crippen MR) is 187 cm³/mol. The lowest BCUT2D eigenvalue weighted by Gasteiger charge is -2.33. The Labute approximate surface area is 258 Å². The van der Waals surface area contributed by atoms with Crippen LogP contribution in [0.5, 0.6) is 0 Å². The molecule has 0 spiro atoms. The summed E-state index contributed by atoms with van der Waals surface area (Å²) >= 11 is 0. The Hall–Kier alpha value is -2.58. The molecule has 0 fully saturated rings. The Morgan fingerprint density at radius 2 is 1.07 bits per heavy atom. The van der Waals surface area contributed by atoms with E-state index in [2.05, 4.69) is 164 Å². The van der Waals surface area contributed by atoms with Crippen molar-refractivity contribution in [2.45, 2.75) is 90.9 Å². The molecule has 0 aliphatic heterocycles. The standard InChI is InChI=1S/C38H48NOPS/c1-26(2)29-24-33(27(3)4)36(34(25-29)28(5)6)37(39-42(40)38(7,8)9)32-22-16-17-23-35(32)41(30-18-12-10-13-19-30)31-20-14-11-15-21-31/h10-28,37,39H,1-9H3/t37-,42?/m1/s1. The Morgan fingerprint density at radius 1 is 0.619 bits per heavy atom. The summed E-state index contributed by atoms with van der Waals surface area (Å²) in [4.78, 5) is 0. The topological polar surface area (TPSA) is 29.1 Å². The highest BCUT2D eigenvalue weighted by Gasteiger charge is 2.32. The third-order valence-corrected chi connectivity index (χ3v) is 11.8. The Kier molecular flexibility index (Phi) is 10.6. The molecule has 0 saturated heterocycles. The highest BCUT2D eigenvalue weighted by atomic mass is 32.2. The summed E-state index contributed by atoms with van der Waals surface area (Å²) in [5.41, 5.74) is 6.53. The van der Waals surface area contributed by atoms with Crippen LogP contribution in [0, 0.1) is 0 Å². The summed E-state index contributed by atoms with van der Waals surface area (Å²) in [6.45, 7) is 19.9. The molecule has 4 aromatic carbocycles. The molecular formula is C38H48NOPS. The van der Waals surface area contributed by atoms with Crippen molar-refractivity contribution < 1.29 is 4.21 Å². The summed E-state index contributed by atoms with van der Waals surface area (Å²) in [7, 11) is -2.13. The van der Waals surface area contributed by atoms with Gasteiger partial charge in [0.15, 0.2) is 0 Å². The van der Waals surface area contributed by atoms with Gasteiger partial charge in [0.2, 0.25) is 0 Å². The van der Waals surface area contributed by atoms with Crippen LogP contribution < -0.4 is 20.6 Å². The number of hydrogen-bond acceptors (Lipinski definition) is 1. The normalized spacial score (nSPS) is 13.7. The number of benzene rings is 4. The first-order valence-electron chi connectivity index (χ1n) is 15.2. The second-order valence-corrected chi connectivity index (χ2v) is 17.3. The molecule has 0 radical (unpaired) electrons. The van der Waals surface area contributed by atoms with Crippen molar-refractivity contribution in [3.05, 3.63) is 125 Å². The molecule has 0 aliphatic carbocycles. The van der Waals surface area contributed by atoms with Crippen molar-refractivity contribution in [2.24, 2.45) is 0 Å². The van der Waals surface area contributed by atoms with Crippen LogP contribution >= 0.6 is 7.92 Å². The molecule has 0 saturated carbocycles. The van der Waals surface area contributed by atoms with E-state index >= 15 is 0 Å². The highest BCUT2D eigenvalue weighted by Crippen LogP contribution is 2.42. The minimum atomic E-state index is -1.28. The van der Waals surface area contributed by atoms with Crippen molar-refractivity contribution in [2.75, 3.05) is 0 Å². The Balaban J connectivity index is 2.07. The molecule has 0 heterocycles. The van der Waals surface area contributed by atoms with Crippen molar-refractivity contribution in [1.29, 1.82) is 0 Å². The van der Waals surface area contributed by atoms with E-state index in [-0.39, 0.29) is 6.04 Å². The second-order valence-electron chi connectivity index (χ2n) is 13.1. The molecule has 1 N–H and O–H groups in total. The Bertz CT molecular complexity index is 1420. The summed E-state index contributed by atoms with van der Waals surface area (Å²) < 4.78 is 17.3. The minimum absolute atomic E-state index is 0.227. The van der Waals surface area contributed by atoms with Crippen molar-refractivity contribution in [1.82, 2.24) is 4.72 Å². The molecule has 2 nitrogen and oxygen atoms in total. The van der Waals surface area contributed by atoms with Crippen molar-refractivity contribution in [3.8, 4) is 0 Å². The van der Waals surface area contributed by atoms with Gasteiger partial charge in [-0.15, -0.1) is 0 Å². The van der Waals surface area contributed by atoms with E-state index in [0.29, 0.717) is 17.8 Å².